The van der Waals surface area contributed by atoms with Crippen LogP contribution in [0.1, 0.15) is 29.0 Å². The number of sulfonamides is 1. The predicted molar refractivity (Wildman–Crippen MR) is 88.8 cm³/mol. The van der Waals surface area contributed by atoms with E-state index in [0.29, 0.717) is 25.2 Å². The number of aryl methyl sites for hydroxylation is 1. The van der Waals surface area contributed by atoms with Gasteiger partial charge in [0.1, 0.15) is 5.82 Å². The zero-order valence-electron chi connectivity index (χ0n) is 13.5. The molecule has 0 bridgehead atoms. The summed E-state index contributed by atoms with van der Waals surface area (Å²) in [5.74, 6) is 0.486. The Labute approximate surface area is 141 Å². The number of carbonyl (C=O) groups is 1. The van der Waals surface area contributed by atoms with E-state index >= 15 is 0 Å². The molecule has 24 heavy (non-hydrogen) atoms. The summed E-state index contributed by atoms with van der Waals surface area (Å²) in [6.45, 7) is 1.44. The maximum atomic E-state index is 12.4. The fourth-order valence-electron chi connectivity index (χ4n) is 2.68. The minimum atomic E-state index is -3.45. The molecule has 7 nitrogen and oxygen atoms in total. The van der Waals surface area contributed by atoms with Crippen LogP contribution in [0.2, 0.25) is 0 Å². The molecule has 1 aliphatic heterocycles. The Hall–Kier alpha value is -2.19. The van der Waals surface area contributed by atoms with Gasteiger partial charge in [0.25, 0.3) is 5.91 Å². The van der Waals surface area contributed by atoms with Crippen LogP contribution in [-0.2, 0) is 23.6 Å². The molecule has 0 aliphatic carbocycles. The third-order valence-electron chi connectivity index (χ3n) is 4.15. The number of aromatic nitrogens is 2. The van der Waals surface area contributed by atoms with E-state index in [0.717, 1.165) is 18.7 Å². The molecule has 2 heterocycles. The van der Waals surface area contributed by atoms with Crippen molar-refractivity contribution in [2.45, 2.75) is 24.3 Å². The SMILES string of the molecule is Cn1ccnc1CNC(=O)c1ccc(S(=O)(=O)N2CCCC2)cc1. The van der Waals surface area contributed by atoms with Gasteiger partial charge in [0.05, 0.1) is 11.4 Å². The Morgan fingerprint density at radius 3 is 2.46 bits per heavy atom. The van der Waals surface area contributed by atoms with E-state index < -0.39 is 10.0 Å². The average Bonchev–Trinajstić information content (AvgIpc) is 3.25. The van der Waals surface area contributed by atoms with Gasteiger partial charge in [0.15, 0.2) is 0 Å². The van der Waals surface area contributed by atoms with Crippen molar-refractivity contribution in [1.82, 2.24) is 19.2 Å². The lowest BCUT2D eigenvalue weighted by Crippen LogP contribution is -2.28. The quantitative estimate of drug-likeness (QED) is 0.878. The summed E-state index contributed by atoms with van der Waals surface area (Å²) in [5.41, 5.74) is 0.421. The van der Waals surface area contributed by atoms with Gasteiger partial charge in [-0.15, -0.1) is 0 Å². The van der Waals surface area contributed by atoms with Crippen LogP contribution in [0.3, 0.4) is 0 Å². The van der Waals surface area contributed by atoms with Crippen LogP contribution >= 0.6 is 0 Å². The van der Waals surface area contributed by atoms with Crippen molar-refractivity contribution in [3.63, 3.8) is 0 Å². The molecule has 1 aliphatic rings. The normalized spacial score (nSPS) is 15.5. The number of benzene rings is 1. The van der Waals surface area contributed by atoms with Gasteiger partial charge >= 0.3 is 0 Å². The number of hydrogen-bond donors (Lipinski definition) is 1. The predicted octanol–water partition coefficient (Wildman–Crippen LogP) is 1.13. The second kappa shape index (κ2) is 6.74. The third-order valence-corrected chi connectivity index (χ3v) is 6.06. The van der Waals surface area contributed by atoms with Gasteiger partial charge in [0.2, 0.25) is 10.0 Å². The van der Waals surface area contributed by atoms with Gasteiger partial charge in [-0.3, -0.25) is 4.79 Å². The lowest BCUT2D eigenvalue weighted by atomic mass is 10.2. The van der Waals surface area contributed by atoms with E-state index in [-0.39, 0.29) is 10.8 Å². The molecule has 2 aromatic rings. The molecule has 0 atom stereocenters. The Morgan fingerprint density at radius 2 is 1.88 bits per heavy atom. The number of rotatable bonds is 5. The van der Waals surface area contributed by atoms with Crippen LogP contribution in [0.5, 0.6) is 0 Å². The van der Waals surface area contributed by atoms with Crippen molar-refractivity contribution in [1.29, 1.82) is 0 Å². The van der Waals surface area contributed by atoms with Crippen LogP contribution < -0.4 is 5.32 Å². The first-order valence-electron chi connectivity index (χ1n) is 7.83. The molecule has 0 spiro atoms. The first-order valence-corrected chi connectivity index (χ1v) is 9.27. The van der Waals surface area contributed by atoms with Gasteiger partial charge < -0.3 is 9.88 Å². The number of hydrogen-bond acceptors (Lipinski definition) is 4. The highest BCUT2D eigenvalue weighted by Gasteiger charge is 2.27. The summed E-state index contributed by atoms with van der Waals surface area (Å²) >= 11 is 0. The standard InChI is InChI=1S/C16H20N4O3S/c1-19-11-8-17-15(19)12-18-16(21)13-4-6-14(7-5-13)24(22,23)20-9-2-3-10-20/h4-8,11H,2-3,9-10,12H2,1H3,(H,18,21). The molecule has 1 aromatic carbocycles. The zero-order chi connectivity index (χ0) is 17.2. The largest absolute Gasteiger partial charge is 0.345 e. The van der Waals surface area contributed by atoms with Crippen molar-refractivity contribution in [2.75, 3.05) is 13.1 Å². The van der Waals surface area contributed by atoms with Gasteiger partial charge in [-0.05, 0) is 37.1 Å². The number of amides is 1. The Balaban J connectivity index is 1.67. The molecule has 1 amide bonds. The summed E-state index contributed by atoms with van der Waals surface area (Å²) in [5, 5.41) is 2.77. The van der Waals surface area contributed by atoms with E-state index in [9.17, 15) is 13.2 Å². The van der Waals surface area contributed by atoms with E-state index in [1.54, 1.807) is 12.4 Å². The Kier molecular flexibility index (Phi) is 4.68. The molecular formula is C16H20N4O3S. The average molecular weight is 348 g/mol. The molecule has 0 radical (unpaired) electrons. The smallest absolute Gasteiger partial charge is 0.251 e. The van der Waals surface area contributed by atoms with Crippen molar-refractivity contribution < 1.29 is 13.2 Å². The monoisotopic (exact) mass is 348 g/mol. The highest BCUT2D eigenvalue weighted by atomic mass is 32.2. The first-order chi connectivity index (χ1) is 11.5. The molecule has 0 unspecified atom stereocenters. The van der Waals surface area contributed by atoms with Crippen LogP contribution in [0, 0.1) is 0 Å². The molecule has 3 rings (SSSR count). The van der Waals surface area contributed by atoms with Crippen LogP contribution in [0.4, 0.5) is 0 Å². The molecule has 1 aromatic heterocycles. The van der Waals surface area contributed by atoms with Gasteiger partial charge in [0, 0.05) is 38.1 Å². The molecule has 1 N–H and O–H groups in total. The topological polar surface area (TPSA) is 84.3 Å². The molecule has 1 fully saturated rings. The van der Waals surface area contributed by atoms with E-state index in [4.69, 9.17) is 0 Å². The number of nitrogens with one attached hydrogen (secondary N) is 1. The third kappa shape index (κ3) is 3.34. The lowest BCUT2D eigenvalue weighted by molar-refractivity contribution is 0.0949. The lowest BCUT2D eigenvalue weighted by Gasteiger charge is -2.15. The highest BCUT2D eigenvalue weighted by Crippen LogP contribution is 2.21. The van der Waals surface area contributed by atoms with Crippen molar-refractivity contribution in [3.8, 4) is 0 Å². The maximum absolute atomic E-state index is 12.4. The van der Waals surface area contributed by atoms with Gasteiger partial charge in [-0.1, -0.05) is 0 Å². The highest BCUT2D eigenvalue weighted by molar-refractivity contribution is 7.89. The Morgan fingerprint density at radius 1 is 1.21 bits per heavy atom. The molecule has 1 saturated heterocycles. The first kappa shape index (κ1) is 16.7. The summed E-state index contributed by atoms with van der Waals surface area (Å²) < 4.78 is 28.2. The van der Waals surface area contributed by atoms with E-state index in [1.807, 2.05) is 11.6 Å². The number of carbonyl (C=O) groups excluding carboxylic acids is 1. The van der Waals surface area contributed by atoms with Gasteiger partial charge in [-0.25, -0.2) is 13.4 Å². The van der Waals surface area contributed by atoms with E-state index in [2.05, 4.69) is 10.3 Å². The number of imidazole rings is 1. The second-order valence-corrected chi connectivity index (χ2v) is 7.71. The molecule has 8 heteroatoms. The summed E-state index contributed by atoms with van der Waals surface area (Å²) in [7, 11) is -1.59. The molecule has 128 valence electrons. The van der Waals surface area contributed by atoms with Crippen molar-refractivity contribution in [3.05, 3.63) is 48.0 Å². The van der Waals surface area contributed by atoms with Gasteiger partial charge in [-0.2, -0.15) is 4.31 Å². The summed E-state index contributed by atoms with van der Waals surface area (Å²) in [6, 6.07) is 6.06. The van der Waals surface area contributed by atoms with Crippen molar-refractivity contribution in [2.24, 2.45) is 7.05 Å². The summed E-state index contributed by atoms with van der Waals surface area (Å²) in [6.07, 6.45) is 5.26. The van der Waals surface area contributed by atoms with E-state index in [1.165, 1.54) is 28.6 Å². The maximum Gasteiger partial charge on any atom is 0.251 e. The molecule has 0 saturated carbocycles. The Bertz CT molecular complexity index is 821. The van der Waals surface area contributed by atoms with Crippen LogP contribution in [-0.4, -0.2) is 41.3 Å². The minimum Gasteiger partial charge on any atom is -0.345 e. The fourth-order valence-corrected chi connectivity index (χ4v) is 4.20. The zero-order valence-corrected chi connectivity index (χ0v) is 14.3. The second-order valence-electron chi connectivity index (χ2n) is 5.77. The fraction of sp³-hybridized carbons (Fsp3) is 0.375. The molecular weight excluding hydrogens is 328 g/mol. The van der Waals surface area contributed by atoms with Crippen LogP contribution in [0.25, 0.3) is 0 Å². The number of nitrogens with zero attached hydrogens (tertiary/aromatic N) is 3. The van der Waals surface area contributed by atoms with Crippen molar-refractivity contribution >= 4 is 15.9 Å². The minimum absolute atomic E-state index is 0.227. The summed E-state index contributed by atoms with van der Waals surface area (Å²) in [4.78, 5) is 16.5. The van der Waals surface area contributed by atoms with Crippen LogP contribution in [0.15, 0.2) is 41.6 Å².